The van der Waals surface area contributed by atoms with Crippen LogP contribution in [0.5, 0.6) is 0 Å². The van der Waals surface area contributed by atoms with E-state index in [2.05, 4.69) is 9.97 Å². The molecular formula is C18H16N4O4S. The summed E-state index contributed by atoms with van der Waals surface area (Å²) in [5.41, 5.74) is 0.0395. The molecular weight excluding hydrogens is 368 g/mol. The van der Waals surface area contributed by atoms with Crippen LogP contribution in [0.3, 0.4) is 0 Å². The summed E-state index contributed by atoms with van der Waals surface area (Å²) in [4.78, 5) is 47.8. The number of carboxylic acids is 1. The zero-order valence-electron chi connectivity index (χ0n) is 14.3. The van der Waals surface area contributed by atoms with Gasteiger partial charge in [-0.25, -0.2) is 9.78 Å². The predicted molar refractivity (Wildman–Crippen MR) is 99.9 cm³/mol. The maximum Gasteiger partial charge on any atom is 0.337 e. The van der Waals surface area contributed by atoms with Crippen LogP contribution in [0.1, 0.15) is 23.2 Å². The highest BCUT2D eigenvalue weighted by atomic mass is 32.1. The number of carboxylic acid groups (broad SMARTS) is 1. The number of carbonyl (C=O) groups is 2. The lowest BCUT2D eigenvalue weighted by Crippen LogP contribution is -2.35. The van der Waals surface area contributed by atoms with E-state index in [0.717, 1.165) is 24.2 Å². The Morgan fingerprint density at radius 1 is 1.19 bits per heavy atom. The van der Waals surface area contributed by atoms with Gasteiger partial charge in [0.25, 0.3) is 5.56 Å². The molecule has 0 bridgehead atoms. The number of carbonyl (C=O) groups excluding carboxylic acids is 1. The lowest BCUT2D eigenvalue weighted by Gasteiger charge is -2.18. The Morgan fingerprint density at radius 3 is 2.56 bits per heavy atom. The second-order valence-electron chi connectivity index (χ2n) is 6.29. The maximum atomic E-state index is 13.1. The molecule has 4 rings (SSSR count). The fourth-order valence-corrected chi connectivity index (χ4v) is 4.15. The quantitative estimate of drug-likeness (QED) is 0.736. The number of fused-ring (bicyclic) bond motifs is 1. The van der Waals surface area contributed by atoms with Crippen molar-refractivity contribution in [3.63, 3.8) is 0 Å². The van der Waals surface area contributed by atoms with Crippen LogP contribution in [0, 0.1) is 0 Å². The van der Waals surface area contributed by atoms with Crippen molar-refractivity contribution < 1.29 is 14.7 Å². The van der Waals surface area contributed by atoms with Gasteiger partial charge in [0.05, 0.1) is 10.9 Å². The van der Waals surface area contributed by atoms with Crippen LogP contribution in [0.4, 0.5) is 0 Å². The summed E-state index contributed by atoms with van der Waals surface area (Å²) in [7, 11) is 0. The molecule has 0 unspecified atom stereocenters. The number of nitrogens with zero attached hydrogens (tertiary/aromatic N) is 4. The molecule has 4 heterocycles. The van der Waals surface area contributed by atoms with Gasteiger partial charge in [-0.3, -0.25) is 19.1 Å². The van der Waals surface area contributed by atoms with Gasteiger partial charge in [0.1, 0.15) is 17.2 Å². The molecule has 27 heavy (non-hydrogen) atoms. The molecule has 3 aromatic heterocycles. The van der Waals surface area contributed by atoms with Crippen LogP contribution >= 0.6 is 11.3 Å². The highest BCUT2D eigenvalue weighted by molar-refractivity contribution is 7.17. The topological polar surface area (TPSA) is 105 Å². The molecule has 0 aromatic carbocycles. The Bertz CT molecular complexity index is 1080. The van der Waals surface area contributed by atoms with E-state index in [9.17, 15) is 19.5 Å². The Kier molecular flexibility index (Phi) is 4.44. The summed E-state index contributed by atoms with van der Waals surface area (Å²) in [5.74, 6) is -1.02. The first kappa shape index (κ1) is 17.3. The average molecular weight is 384 g/mol. The Balaban J connectivity index is 1.90. The molecule has 1 aliphatic heterocycles. The van der Waals surface area contributed by atoms with Crippen LogP contribution in [-0.2, 0) is 11.3 Å². The molecule has 0 saturated carbocycles. The van der Waals surface area contributed by atoms with Crippen molar-refractivity contribution in [2.75, 3.05) is 13.1 Å². The molecule has 0 aliphatic carbocycles. The van der Waals surface area contributed by atoms with E-state index in [0.29, 0.717) is 29.3 Å². The van der Waals surface area contributed by atoms with Crippen LogP contribution in [0.2, 0.25) is 0 Å². The van der Waals surface area contributed by atoms with Crippen molar-refractivity contribution in [2.24, 2.45) is 0 Å². The van der Waals surface area contributed by atoms with Gasteiger partial charge in [0.2, 0.25) is 5.91 Å². The average Bonchev–Trinajstić information content (AvgIpc) is 3.34. The predicted octanol–water partition coefficient (Wildman–Crippen LogP) is 1.84. The van der Waals surface area contributed by atoms with Crippen molar-refractivity contribution in [2.45, 2.75) is 19.4 Å². The van der Waals surface area contributed by atoms with Crippen molar-refractivity contribution >= 4 is 33.4 Å². The standard InChI is InChI=1S/C18H16N4O4S/c23-13(21-7-1-2-8-21)9-22-15(11-3-5-19-6-4-11)20-16-14(17(22)24)12(10-27-16)18(25)26/h3-6,10H,1-2,7-9H2,(H,25,26). The Labute approximate surface area is 157 Å². The number of rotatable bonds is 4. The number of thiophene rings is 1. The number of aromatic nitrogens is 3. The molecule has 8 nitrogen and oxygen atoms in total. The molecule has 0 spiro atoms. The third-order valence-electron chi connectivity index (χ3n) is 4.61. The summed E-state index contributed by atoms with van der Waals surface area (Å²) in [5, 5.41) is 10.8. The van der Waals surface area contributed by atoms with Gasteiger partial charge in [-0.05, 0) is 25.0 Å². The van der Waals surface area contributed by atoms with E-state index >= 15 is 0 Å². The molecule has 1 N–H and O–H groups in total. The molecule has 0 atom stereocenters. The van der Waals surface area contributed by atoms with Gasteiger partial charge < -0.3 is 10.0 Å². The molecule has 3 aromatic rings. The van der Waals surface area contributed by atoms with E-state index < -0.39 is 11.5 Å². The molecule has 0 radical (unpaired) electrons. The fraction of sp³-hybridized carbons (Fsp3) is 0.278. The van der Waals surface area contributed by atoms with E-state index in [4.69, 9.17) is 0 Å². The highest BCUT2D eigenvalue weighted by Crippen LogP contribution is 2.25. The molecule has 1 aliphatic rings. The van der Waals surface area contributed by atoms with Crippen LogP contribution in [-0.4, -0.2) is 49.5 Å². The minimum absolute atomic E-state index is 0.0412. The number of pyridine rings is 1. The summed E-state index contributed by atoms with van der Waals surface area (Å²) in [6.07, 6.45) is 5.05. The number of amides is 1. The smallest absolute Gasteiger partial charge is 0.337 e. The highest BCUT2D eigenvalue weighted by Gasteiger charge is 2.24. The summed E-state index contributed by atoms with van der Waals surface area (Å²) in [6.45, 7) is 1.17. The summed E-state index contributed by atoms with van der Waals surface area (Å²) >= 11 is 1.10. The second kappa shape index (κ2) is 6.92. The van der Waals surface area contributed by atoms with Crippen molar-refractivity contribution in [1.82, 2.24) is 19.4 Å². The second-order valence-corrected chi connectivity index (χ2v) is 7.14. The minimum Gasteiger partial charge on any atom is -0.478 e. The summed E-state index contributed by atoms with van der Waals surface area (Å²) in [6, 6.07) is 3.41. The minimum atomic E-state index is -1.19. The van der Waals surface area contributed by atoms with Gasteiger partial charge in [0, 0.05) is 36.4 Å². The first-order valence-electron chi connectivity index (χ1n) is 8.50. The molecule has 9 heteroatoms. The van der Waals surface area contributed by atoms with E-state index in [1.54, 1.807) is 29.4 Å². The van der Waals surface area contributed by atoms with Crippen molar-refractivity contribution in [3.8, 4) is 11.4 Å². The van der Waals surface area contributed by atoms with Gasteiger partial charge in [-0.15, -0.1) is 11.3 Å². The van der Waals surface area contributed by atoms with Crippen LogP contribution in [0.15, 0.2) is 34.7 Å². The lowest BCUT2D eigenvalue weighted by molar-refractivity contribution is -0.130. The Morgan fingerprint density at radius 2 is 1.89 bits per heavy atom. The molecule has 1 fully saturated rings. The first-order valence-corrected chi connectivity index (χ1v) is 9.37. The van der Waals surface area contributed by atoms with E-state index in [1.807, 2.05) is 0 Å². The van der Waals surface area contributed by atoms with Gasteiger partial charge in [-0.1, -0.05) is 0 Å². The van der Waals surface area contributed by atoms with Crippen molar-refractivity contribution in [3.05, 3.63) is 45.8 Å². The zero-order chi connectivity index (χ0) is 19.0. The number of hydrogen-bond donors (Lipinski definition) is 1. The normalized spacial score (nSPS) is 14.0. The lowest BCUT2D eigenvalue weighted by atomic mass is 10.2. The monoisotopic (exact) mass is 384 g/mol. The van der Waals surface area contributed by atoms with E-state index in [1.165, 1.54) is 9.95 Å². The third kappa shape index (κ3) is 3.10. The van der Waals surface area contributed by atoms with E-state index in [-0.39, 0.29) is 23.4 Å². The first-order chi connectivity index (χ1) is 13.1. The number of aromatic carboxylic acids is 1. The number of likely N-dealkylation sites (tertiary alicyclic amines) is 1. The SMILES string of the molecule is O=C(O)c1csc2nc(-c3ccncc3)n(CC(=O)N3CCCC3)c(=O)c12. The maximum absolute atomic E-state index is 13.1. The van der Waals surface area contributed by atoms with Crippen LogP contribution in [0.25, 0.3) is 21.6 Å². The van der Waals surface area contributed by atoms with Gasteiger partial charge in [-0.2, -0.15) is 0 Å². The molecule has 1 amide bonds. The largest absolute Gasteiger partial charge is 0.478 e. The third-order valence-corrected chi connectivity index (χ3v) is 5.49. The van der Waals surface area contributed by atoms with Gasteiger partial charge >= 0.3 is 5.97 Å². The number of hydrogen-bond acceptors (Lipinski definition) is 6. The molecule has 138 valence electrons. The van der Waals surface area contributed by atoms with Crippen LogP contribution < -0.4 is 5.56 Å². The van der Waals surface area contributed by atoms with Gasteiger partial charge in [0.15, 0.2) is 0 Å². The van der Waals surface area contributed by atoms with Crippen molar-refractivity contribution in [1.29, 1.82) is 0 Å². The Hall–Kier alpha value is -3.07. The fourth-order valence-electron chi connectivity index (χ4n) is 3.25. The zero-order valence-corrected chi connectivity index (χ0v) is 15.1. The summed E-state index contributed by atoms with van der Waals surface area (Å²) < 4.78 is 1.28. The molecule has 1 saturated heterocycles.